The van der Waals surface area contributed by atoms with Crippen LogP contribution in [0, 0.1) is 0 Å². The summed E-state index contributed by atoms with van der Waals surface area (Å²) in [7, 11) is 1.38. The number of hydrogen-bond donors (Lipinski definition) is 3. The van der Waals surface area contributed by atoms with Crippen molar-refractivity contribution < 1.29 is 29.5 Å². The summed E-state index contributed by atoms with van der Waals surface area (Å²) in [4.78, 5) is 0. The van der Waals surface area contributed by atoms with E-state index in [1.54, 1.807) is 30.3 Å². The molecule has 0 spiro atoms. The Hall–Kier alpha value is -1.44. The minimum Gasteiger partial charge on any atom is -0.462 e. The van der Waals surface area contributed by atoms with Crippen LogP contribution in [0.2, 0.25) is 0 Å². The zero-order valence-electron chi connectivity index (χ0n) is 11.8. The Morgan fingerprint density at radius 2 is 1.90 bits per heavy atom. The minimum absolute atomic E-state index is 0.350. The number of rotatable bonds is 5. The SMILES string of the molecule is C=Cc1ccc(O[C@@H]2O[C@H](CO)[C@@H](OC)[C@H](O)[C@H]2O)cc1. The van der Waals surface area contributed by atoms with Crippen molar-refractivity contribution in [1.82, 2.24) is 0 Å². The lowest BCUT2D eigenvalue weighted by molar-refractivity contribution is -0.281. The molecule has 0 bridgehead atoms. The van der Waals surface area contributed by atoms with Gasteiger partial charge in [-0.3, -0.25) is 0 Å². The van der Waals surface area contributed by atoms with Crippen molar-refractivity contribution in [3.05, 3.63) is 36.4 Å². The first-order valence-corrected chi connectivity index (χ1v) is 6.65. The summed E-state index contributed by atoms with van der Waals surface area (Å²) < 4.78 is 16.0. The second kappa shape index (κ2) is 7.02. The molecule has 2 rings (SSSR count). The molecule has 1 heterocycles. The highest BCUT2D eigenvalue weighted by Crippen LogP contribution is 2.25. The van der Waals surface area contributed by atoms with E-state index in [-0.39, 0.29) is 6.61 Å². The van der Waals surface area contributed by atoms with E-state index in [2.05, 4.69) is 6.58 Å². The maximum absolute atomic E-state index is 10.0. The van der Waals surface area contributed by atoms with Gasteiger partial charge in [-0.05, 0) is 17.7 Å². The smallest absolute Gasteiger partial charge is 0.229 e. The average Bonchev–Trinajstić information content (AvgIpc) is 2.52. The molecule has 1 aromatic carbocycles. The van der Waals surface area contributed by atoms with E-state index in [9.17, 15) is 15.3 Å². The molecule has 0 aromatic heterocycles. The van der Waals surface area contributed by atoms with Crippen LogP contribution >= 0.6 is 0 Å². The topological polar surface area (TPSA) is 88.4 Å². The minimum atomic E-state index is -1.28. The van der Waals surface area contributed by atoms with Crippen LogP contribution in [0.15, 0.2) is 30.8 Å². The van der Waals surface area contributed by atoms with Crippen molar-refractivity contribution >= 4 is 6.08 Å². The predicted octanol–water partition coefficient (Wildman–Crippen LogP) is 0.162. The predicted molar refractivity (Wildman–Crippen MR) is 75.7 cm³/mol. The highest BCUT2D eigenvalue weighted by Gasteiger charge is 2.45. The van der Waals surface area contributed by atoms with Crippen LogP contribution in [0.3, 0.4) is 0 Å². The third-order valence-corrected chi connectivity index (χ3v) is 3.46. The Bertz CT molecular complexity index is 458. The molecule has 0 amide bonds. The normalized spacial score (nSPS) is 32.7. The van der Waals surface area contributed by atoms with E-state index in [4.69, 9.17) is 14.2 Å². The van der Waals surface area contributed by atoms with Crippen molar-refractivity contribution in [3.63, 3.8) is 0 Å². The Kier molecular flexibility index (Phi) is 5.33. The second-order valence-corrected chi connectivity index (χ2v) is 4.80. The average molecular weight is 296 g/mol. The number of benzene rings is 1. The van der Waals surface area contributed by atoms with Gasteiger partial charge in [-0.25, -0.2) is 0 Å². The fourth-order valence-corrected chi connectivity index (χ4v) is 2.26. The van der Waals surface area contributed by atoms with Gasteiger partial charge in [0.15, 0.2) is 0 Å². The molecular weight excluding hydrogens is 276 g/mol. The van der Waals surface area contributed by atoms with Crippen molar-refractivity contribution in [2.24, 2.45) is 0 Å². The summed E-state index contributed by atoms with van der Waals surface area (Å²) in [5, 5.41) is 29.3. The van der Waals surface area contributed by atoms with Gasteiger partial charge in [-0.2, -0.15) is 0 Å². The summed E-state index contributed by atoms with van der Waals surface area (Å²) in [6.45, 7) is 3.31. The molecule has 0 aliphatic carbocycles. The molecule has 1 aromatic rings. The highest BCUT2D eigenvalue weighted by molar-refractivity contribution is 5.48. The zero-order valence-corrected chi connectivity index (χ0v) is 11.8. The fourth-order valence-electron chi connectivity index (χ4n) is 2.26. The maximum Gasteiger partial charge on any atom is 0.229 e. The summed E-state index contributed by atoms with van der Waals surface area (Å²) in [5.74, 6) is 0.476. The maximum atomic E-state index is 10.0. The van der Waals surface area contributed by atoms with Gasteiger partial charge < -0.3 is 29.5 Å². The van der Waals surface area contributed by atoms with Crippen molar-refractivity contribution in [2.75, 3.05) is 13.7 Å². The van der Waals surface area contributed by atoms with Crippen LogP contribution in [-0.2, 0) is 9.47 Å². The summed E-state index contributed by atoms with van der Waals surface area (Å²) in [6.07, 6.45) is -3.46. The summed E-state index contributed by atoms with van der Waals surface area (Å²) >= 11 is 0. The fraction of sp³-hybridized carbons (Fsp3) is 0.467. The van der Waals surface area contributed by atoms with Crippen molar-refractivity contribution in [2.45, 2.75) is 30.7 Å². The Labute approximate surface area is 123 Å². The number of ether oxygens (including phenoxy) is 3. The van der Waals surface area contributed by atoms with Crippen molar-refractivity contribution in [1.29, 1.82) is 0 Å². The molecule has 0 saturated carbocycles. The Morgan fingerprint density at radius 3 is 2.43 bits per heavy atom. The molecular formula is C15H20O6. The van der Waals surface area contributed by atoms with Crippen molar-refractivity contribution in [3.8, 4) is 5.75 Å². The van der Waals surface area contributed by atoms with E-state index in [1.165, 1.54) is 7.11 Å². The van der Waals surface area contributed by atoms with E-state index in [0.29, 0.717) is 5.75 Å². The first-order valence-electron chi connectivity index (χ1n) is 6.65. The Balaban J connectivity index is 2.09. The van der Waals surface area contributed by atoms with E-state index in [1.807, 2.05) is 0 Å². The molecule has 1 aliphatic heterocycles. The first kappa shape index (κ1) is 15.9. The number of aliphatic hydroxyl groups excluding tert-OH is 3. The van der Waals surface area contributed by atoms with E-state index < -0.39 is 30.7 Å². The van der Waals surface area contributed by atoms with Gasteiger partial charge in [0.1, 0.15) is 30.2 Å². The van der Waals surface area contributed by atoms with Crippen LogP contribution in [0.5, 0.6) is 5.75 Å². The molecule has 21 heavy (non-hydrogen) atoms. The second-order valence-electron chi connectivity index (χ2n) is 4.80. The molecule has 0 unspecified atom stereocenters. The number of aliphatic hydroxyl groups is 3. The highest BCUT2D eigenvalue weighted by atomic mass is 16.7. The number of hydrogen-bond acceptors (Lipinski definition) is 6. The Morgan fingerprint density at radius 1 is 1.24 bits per heavy atom. The first-order chi connectivity index (χ1) is 10.1. The van der Waals surface area contributed by atoms with Gasteiger partial charge in [0.05, 0.1) is 6.61 Å². The molecule has 1 fully saturated rings. The van der Waals surface area contributed by atoms with Gasteiger partial charge in [0, 0.05) is 7.11 Å². The van der Waals surface area contributed by atoms with Crippen LogP contribution in [0.1, 0.15) is 5.56 Å². The third-order valence-electron chi connectivity index (χ3n) is 3.46. The van der Waals surface area contributed by atoms with Gasteiger partial charge in [0.25, 0.3) is 0 Å². The standard InChI is InChI=1S/C15H20O6/c1-3-9-4-6-10(7-5-9)20-15-13(18)12(17)14(19-2)11(8-16)21-15/h3-7,11-18H,1,8H2,2H3/t11-,12-,13-,14-,15-/m1/s1. The lowest BCUT2D eigenvalue weighted by Gasteiger charge is -2.41. The summed E-state index contributed by atoms with van der Waals surface area (Å²) in [6, 6.07) is 7.01. The molecule has 1 aliphatic rings. The monoisotopic (exact) mass is 296 g/mol. The molecule has 116 valence electrons. The van der Waals surface area contributed by atoms with Crippen LogP contribution in [0.4, 0.5) is 0 Å². The largest absolute Gasteiger partial charge is 0.462 e. The van der Waals surface area contributed by atoms with Crippen LogP contribution in [-0.4, -0.2) is 59.7 Å². The van der Waals surface area contributed by atoms with Crippen LogP contribution in [0.25, 0.3) is 6.08 Å². The molecule has 3 N–H and O–H groups in total. The van der Waals surface area contributed by atoms with E-state index >= 15 is 0 Å². The molecule has 6 nitrogen and oxygen atoms in total. The van der Waals surface area contributed by atoms with E-state index in [0.717, 1.165) is 5.56 Å². The number of methoxy groups -OCH3 is 1. The third kappa shape index (κ3) is 3.42. The van der Waals surface area contributed by atoms with Crippen LogP contribution < -0.4 is 4.74 Å². The van der Waals surface area contributed by atoms with Gasteiger partial charge in [0.2, 0.25) is 6.29 Å². The lowest BCUT2D eigenvalue weighted by Crippen LogP contribution is -2.60. The quantitative estimate of drug-likeness (QED) is 0.717. The molecule has 0 radical (unpaired) electrons. The van der Waals surface area contributed by atoms with Gasteiger partial charge in [-0.15, -0.1) is 0 Å². The zero-order chi connectivity index (χ0) is 15.4. The van der Waals surface area contributed by atoms with Gasteiger partial charge >= 0.3 is 0 Å². The molecule has 5 atom stereocenters. The van der Waals surface area contributed by atoms with Gasteiger partial charge in [-0.1, -0.05) is 24.8 Å². The lowest BCUT2D eigenvalue weighted by atomic mass is 9.99. The summed E-state index contributed by atoms with van der Waals surface area (Å²) in [5.41, 5.74) is 0.931. The molecule has 1 saturated heterocycles. The molecule has 6 heteroatoms.